The Morgan fingerprint density at radius 1 is 1.24 bits per heavy atom. The molecular weight excluding hydrogens is 320 g/mol. The fourth-order valence-electron chi connectivity index (χ4n) is 2.28. The third kappa shape index (κ3) is 3.18. The SMILES string of the molecule is COc1ccccc1C=NN=C(N)c1nc2ccccc2n(O)c1=N. The highest BCUT2D eigenvalue weighted by molar-refractivity contribution is 5.97. The zero-order valence-electron chi connectivity index (χ0n) is 13.4. The molecular formula is C17H16N6O2. The van der Waals surface area contributed by atoms with E-state index in [1.165, 1.54) is 6.21 Å². The van der Waals surface area contributed by atoms with Crippen LogP contribution in [0.5, 0.6) is 5.75 Å². The number of hydrogen-bond donors (Lipinski definition) is 3. The van der Waals surface area contributed by atoms with E-state index < -0.39 is 0 Å². The molecule has 0 saturated carbocycles. The van der Waals surface area contributed by atoms with Crippen LogP contribution in [0, 0.1) is 5.41 Å². The summed E-state index contributed by atoms with van der Waals surface area (Å²) in [5.41, 5.74) is 7.28. The van der Waals surface area contributed by atoms with Gasteiger partial charge in [0.25, 0.3) is 0 Å². The molecule has 0 atom stereocenters. The topological polar surface area (TPSA) is 122 Å². The molecule has 8 heteroatoms. The number of aromatic nitrogens is 2. The van der Waals surface area contributed by atoms with Crippen LogP contribution in [-0.2, 0) is 0 Å². The normalized spacial score (nSPS) is 12.0. The number of nitrogens with zero attached hydrogens (tertiary/aromatic N) is 4. The summed E-state index contributed by atoms with van der Waals surface area (Å²) in [6.07, 6.45) is 1.49. The van der Waals surface area contributed by atoms with Gasteiger partial charge in [0.1, 0.15) is 11.3 Å². The lowest BCUT2D eigenvalue weighted by Gasteiger charge is -2.07. The molecule has 0 unspecified atom stereocenters. The van der Waals surface area contributed by atoms with Crippen LogP contribution in [0.15, 0.2) is 58.7 Å². The minimum absolute atomic E-state index is 0.0402. The third-order valence-electron chi connectivity index (χ3n) is 3.52. The van der Waals surface area contributed by atoms with Crippen molar-refractivity contribution in [3.63, 3.8) is 0 Å². The number of para-hydroxylation sites is 3. The van der Waals surface area contributed by atoms with E-state index in [1.54, 1.807) is 37.4 Å². The Balaban J connectivity index is 1.98. The van der Waals surface area contributed by atoms with Gasteiger partial charge < -0.3 is 15.7 Å². The van der Waals surface area contributed by atoms with Crippen molar-refractivity contribution < 1.29 is 9.94 Å². The Morgan fingerprint density at radius 3 is 2.76 bits per heavy atom. The van der Waals surface area contributed by atoms with Crippen molar-refractivity contribution in [2.75, 3.05) is 7.11 Å². The number of nitrogens with two attached hydrogens (primary N) is 1. The maximum Gasteiger partial charge on any atom is 0.191 e. The van der Waals surface area contributed by atoms with Gasteiger partial charge in [-0.15, -0.1) is 5.10 Å². The maximum absolute atomic E-state index is 10.1. The number of methoxy groups -OCH3 is 1. The van der Waals surface area contributed by atoms with Crippen molar-refractivity contribution in [1.82, 2.24) is 9.71 Å². The minimum Gasteiger partial charge on any atom is -0.496 e. The van der Waals surface area contributed by atoms with E-state index in [4.69, 9.17) is 15.9 Å². The van der Waals surface area contributed by atoms with Gasteiger partial charge >= 0.3 is 0 Å². The molecule has 0 spiro atoms. The highest BCUT2D eigenvalue weighted by Crippen LogP contribution is 2.14. The minimum atomic E-state index is -0.271. The monoisotopic (exact) mass is 336 g/mol. The first-order chi connectivity index (χ1) is 12.1. The van der Waals surface area contributed by atoms with Crippen LogP contribution < -0.4 is 16.0 Å². The van der Waals surface area contributed by atoms with Gasteiger partial charge in [-0.25, -0.2) is 4.98 Å². The van der Waals surface area contributed by atoms with Crippen molar-refractivity contribution in [2.24, 2.45) is 15.9 Å². The number of benzene rings is 2. The van der Waals surface area contributed by atoms with Gasteiger partial charge in [0.05, 0.1) is 18.8 Å². The molecule has 0 radical (unpaired) electrons. The summed E-state index contributed by atoms with van der Waals surface area (Å²) >= 11 is 0. The highest BCUT2D eigenvalue weighted by atomic mass is 16.5. The fourth-order valence-corrected chi connectivity index (χ4v) is 2.28. The molecule has 1 heterocycles. The van der Waals surface area contributed by atoms with Crippen LogP contribution in [0.3, 0.4) is 0 Å². The molecule has 1 aromatic heterocycles. The van der Waals surface area contributed by atoms with Crippen molar-refractivity contribution in [3.05, 3.63) is 65.3 Å². The van der Waals surface area contributed by atoms with Crippen molar-refractivity contribution >= 4 is 23.1 Å². The van der Waals surface area contributed by atoms with Crippen molar-refractivity contribution in [1.29, 1.82) is 5.41 Å². The lowest BCUT2D eigenvalue weighted by molar-refractivity contribution is 0.183. The second kappa shape index (κ2) is 6.83. The van der Waals surface area contributed by atoms with E-state index in [-0.39, 0.29) is 17.0 Å². The lowest BCUT2D eigenvalue weighted by Crippen LogP contribution is -2.31. The van der Waals surface area contributed by atoms with E-state index in [9.17, 15) is 5.21 Å². The average molecular weight is 336 g/mol. The van der Waals surface area contributed by atoms with E-state index in [1.807, 2.05) is 18.2 Å². The Labute approximate surface area is 143 Å². The average Bonchev–Trinajstić information content (AvgIpc) is 2.65. The van der Waals surface area contributed by atoms with Crippen LogP contribution in [0.1, 0.15) is 11.3 Å². The second-order valence-corrected chi connectivity index (χ2v) is 5.08. The Kier molecular flexibility index (Phi) is 4.42. The molecule has 0 aliphatic rings. The van der Waals surface area contributed by atoms with Crippen LogP contribution in [0.4, 0.5) is 0 Å². The predicted molar refractivity (Wildman–Crippen MR) is 94.1 cm³/mol. The van der Waals surface area contributed by atoms with Gasteiger partial charge in [-0.2, -0.15) is 9.83 Å². The maximum atomic E-state index is 10.1. The fraction of sp³-hybridized carbons (Fsp3) is 0.0588. The van der Waals surface area contributed by atoms with Crippen LogP contribution in [0.2, 0.25) is 0 Å². The standard InChI is InChI=1S/C17H16N6O2/c1-25-14-9-5-2-6-11(14)10-20-22-16(18)15-17(19)23(24)13-8-4-3-7-12(13)21-15/h2-10,19,24H,1H3,(H2,18,22). The van der Waals surface area contributed by atoms with Gasteiger partial charge in [-0.05, 0) is 24.3 Å². The van der Waals surface area contributed by atoms with E-state index in [2.05, 4.69) is 15.2 Å². The number of nitrogens with one attached hydrogen (secondary N) is 1. The Morgan fingerprint density at radius 2 is 1.96 bits per heavy atom. The van der Waals surface area contributed by atoms with Gasteiger partial charge in [0.2, 0.25) is 0 Å². The van der Waals surface area contributed by atoms with E-state index in [0.29, 0.717) is 21.5 Å². The van der Waals surface area contributed by atoms with E-state index in [0.717, 1.165) is 5.56 Å². The van der Waals surface area contributed by atoms with Crippen LogP contribution in [0.25, 0.3) is 11.0 Å². The number of amidine groups is 1. The summed E-state index contributed by atoms with van der Waals surface area (Å²) < 4.78 is 5.93. The third-order valence-corrected chi connectivity index (χ3v) is 3.52. The predicted octanol–water partition coefficient (Wildman–Crippen LogP) is 1.50. The molecule has 0 fully saturated rings. The molecule has 126 valence electrons. The molecule has 2 aromatic carbocycles. The van der Waals surface area contributed by atoms with Crippen LogP contribution >= 0.6 is 0 Å². The van der Waals surface area contributed by atoms with Gasteiger partial charge in [-0.3, -0.25) is 5.41 Å². The number of hydrogen-bond acceptors (Lipinski definition) is 6. The molecule has 0 amide bonds. The van der Waals surface area contributed by atoms with Gasteiger partial charge in [0.15, 0.2) is 17.0 Å². The van der Waals surface area contributed by atoms with E-state index >= 15 is 0 Å². The molecule has 3 aromatic rings. The first-order valence-electron chi connectivity index (χ1n) is 7.37. The lowest BCUT2D eigenvalue weighted by atomic mass is 10.2. The molecule has 3 rings (SSSR count). The molecule has 8 nitrogen and oxygen atoms in total. The summed E-state index contributed by atoms with van der Waals surface area (Å²) in [5, 5.41) is 25.9. The molecule has 0 bridgehead atoms. The Bertz CT molecular complexity index is 1040. The van der Waals surface area contributed by atoms with Crippen molar-refractivity contribution in [3.8, 4) is 5.75 Å². The molecule has 4 N–H and O–H groups in total. The summed E-state index contributed by atoms with van der Waals surface area (Å²) in [6, 6.07) is 14.2. The highest BCUT2D eigenvalue weighted by Gasteiger charge is 2.10. The summed E-state index contributed by atoms with van der Waals surface area (Å²) in [7, 11) is 1.57. The zero-order chi connectivity index (χ0) is 17.8. The number of rotatable bonds is 4. The zero-order valence-corrected chi connectivity index (χ0v) is 13.4. The number of fused-ring (bicyclic) bond motifs is 1. The molecule has 0 aliphatic carbocycles. The second-order valence-electron chi connectivity index (χ2n) is 5.08. The first kappa shape index (κ1) is 16.2. The first-order valence-corrected chi connectivity index (χ1v) is 7.37. The largest absolute Gasteiger partial charge is 0.496 e. The number of ether oxygens (including phenoxy) is 1. The summed E-state index contributed by atoms with van der Waals surface area (Å²) in [4.78, 5) is 4.27. The molecule has 0 saturated heterocycles. The smallest absolute Gasteiger partial charge is 0.191 e. The van der Waals surface area contributed by atoms with Crippen LogP contribution in [-0.4, -0.2) is 34.1 Å². The molecule has 25 heavy (non-hydrogen) atoms. The Hall–Kier alpha value is -3.68. The van der Waals surface area contributed by atoms with Crippen molar-refractivity contribution in [2.45, 2.75) is 0 Å². The summed E-state index contributed by atoms with van der Waals surface area (Å²) in [5.74, 6) is 0.572. The quantitative estimate of drug-likeness (QED) is 0.289. The molecule has 0 aliphatic heterocycles. The van der Waals surface area contributed by atoms with Gasteiger partial charge in [-0.1, -0.05) is 24.3 Å². The summed E-state index contributed by atoms with van der Waals surface area (Å²) in [6.45, 7) is 0. The van der Waals surface area contributed by atoms with Gasteiger partial charge in [0, 0.05) is 5.56 Å².